The number of nitrogens with zero attached hydrogens (tertiary/aromatic N) is 2. The van der Waals surface area contributed by atoms with E-state index in [1.807, 2.05) is 18.2 Å². The van der Waals surface area contributed by atoms with Crippen LogP contribution in [0.5, 0.6) is 11.5 Å². The van der Waals surface area contributed by atoms with Crippen molar-refractivity contribution in [1.29, 1.82) is 0 Å². The number of carbonyl (C=O) groups is 1. The molecule has 3 rings (SSSR count). The fourth-order valence-corrected chi connectivity index (χ4v) is 2.98. The Morgan fingerprint density at radius 1 is 1.04 bits per heavy atom. The van der Waals surface area contributed by atoms with Gasteiger partial charge in [-0.05, 0) is 17.7 Å². The molecule has 6 nitrogen and oxygen atoms in total. The highest BCUT2D eigenvalue weighted by Gasteiger charge is 2.15. The fraction of sp³-hybridized carbons (Fsp3) is 0.333. The molecule has 1 N–H and O–H groups in total. The monoisotopic (exact) mass is 367 g/mol. The van der Waals surface area contributed by atoms with Crippen LogP contribution in [-0.4, -0.2) is 43.3 Å². The van der Waals surface area contributed by atoms with Crippen LogP contribution in [-0.2, 0) is 11.3 Å². The van der Waals surface area contributed by atoms with Gasteiger partial charge in [0.1, 0.15) is 0 Å². The zero-order chi connectivity index (χ0) is 18.9. The summed E-state index contributed by atoms with van der Waals surface area (Å²) in [4.78, 5) is 14.4. The predicted molar refractivity (Wildman–Crippen MR) is 105 cm³/mol. The average Bonchev–Trinajstić information content (AvgIpc) is 2.72. The second kappa shape index (κ2) is 9.73. The molecule has 0 atom stereocenters. The summed E-state index contributed by atoms with van der Waals surface area (Å²) in [6.45, 7) is 2.74. The van der Waals surface area contributed by atoms with E-state index in [0.29, 0.717) is 11.5 Å². The molecule has 1 saturated heterocycles. The number of hydrogen-bond donors (Lipinski definition) is 1. The lowest BCUT2D eigenvalue weighted by atomic mass is 10.1. The maximum atomic E-state index is 12.0. The van der Waals surface area contributed by atoms with Gasteiger partial charge in [0, 0.05) is 38.2 Å². The number of rotatable bonds is 7. The summed E-state index contributed by atoms with van der Waals surface area (Å²) < 4.78 is 10.7. The van der Waals surface area contributed by atoms with Gasteiger partial charge in [-0.25, -0.2) is 5.43 Å². The third-order valence-corrected chi connectivity index (χ3v) is 4.45. The quantitative estimate of drug-likeness (QED) is 0.765. The Morgan fingerprint density at radius 3 is 2.41 bits per heavy atom. The second-order valence-corrected chi connectivity index (χ2v) is 6.41. The summed E-state index contributed by atoms with van der Waals surface area (Å²) in [7, 11) is 1.57. The smallest absolute Gasteiger partial charge is 0.277 e. The number of likely N-dealkylation sites (tertiary alicyclic amines) is 1. The first kappa shape index (κ1) is 18.9. The number of para-hydroxylation sites is 2. The van der Waals surface area contributed by atoms with Gasteiger partial charge < -0.3 is 9.47 Å². The van der Waals surface area contributed by atoms with Gasteiger partial charge in [-0.1, -0.05) is 42.5 Å². The number of hydrazone groups is 1. The molecule has 27 heavy (non-hydrogen) atoms. The summed E-state index contributed by atoms with van der Waals surface area (Å²) in [5.41, 5.74) is 4.93. The zero-order valence-electron chi connectivity index (χ0n) is 15.6. The number of nitrogens with one attached hydrogen (secondary N) is 1. The Balaban J connectivity index is 1.40. The Labute approximate surface area is 159 Å². The molecular weight excluding hydrogens is 342 g/mol. The molecule has 142 valence electrons. The molecule has 2 aromatic rings. The number of benzene rings is 2. The van der Waals surface area contributed by atoms with Crippen molar-refractivity contribution in [2.24, 2.45) is 5.10 Å². The maximum absolute atomic E-state index is 12.0. The molecule has 0 spiro atoms. The topological polar surface area (TPSA) is 63.2 Å². The number of hydrogen-bond acceptors (Lipinski definition) is 5. The largest absolute Gasteiger partial charge is 0.493 e. The van der Waals surface area contributed by atoms with Gasteiger partial charge in [-0.2, -0.15) is 5.10 Å². The van der Waals surface area contributed by atoms with Crippen molar-refractivity contribution in [3.63, 3.8) is 0 Å². The van der Waals surface area contributed by atoms with Gasteiger partial charge in [-0.15, -0.1) is 0 Å². The Hall–Kier alpha value is -2.86. The minimum atomic E-state index is -0.278. The van der Waals surface area contributed by atoms with Gasteiger partial charge in [0.15, 0.2) is 18.1 Å². The molecule has 0 aromatic heterocycles. The van der Waals surface area contributed by atoms with E-state index in [2.05, 4.69) is 39.7 Å². The predicted octanol–water partition coefficient (Wildman–Crippen LogP) is 2.84. The number of amides is 1. The van der Waals surface area contributed by atoms with Crippen LogP contribution in [0.2, 0.25) is 0 Å². The van der Waals surface area contributed by atoms with Crippen molar-refractivity contribution in [2.45, 2.75) is 19.4 Å². The minimum absolute atomic E-state index is 0.0999. The Kier molecular flexibility index (Phi) is 6.82. The van der Waals surface area contributed by atoms with Crippen LogP contribution in [0, 0.1) is 0 Å². The minimum Gasteiger partial charge on any atom is -0.493 e. The Bertz CT molecular complexity index is 767. The number of methoxy groups -OCH3 is 1. The molecule has 0 radical (unpaired) electrons. The highest BCUT2D eigenvalue weighted by molar-refractivity contribution is 5.87. The summed E-state index contributed by atoms with van der Waals surface area (Å²) >= 11 is 0. The normalized spacial score (nSPS) is 14.5. The van der Waals surface area contributed by atoms with Gasteiger partial charge in [0.25, 0.3) is 5.91 Å². The summed E-state index contributed by atoms with van der Waals surface area (Å²) in [6, 6.07) is 17.7. The summed E-state index contributed by atoms with van der Waals surface area (Å²) in [5.74, 6) is 0.861. The lowest BCUT2D eigenvalue weighted by Gasteiger charge is -2.27. The fourth-order valence-electron chi connectivity index (χ4n) is 2.98. The molecule has 1 fully saturated rings. The number of ether oxygens (including phenoxy) is 2. The first-order valence-electron chi connectivity index (χ1n) is 9.11. The van der Waals surface area contributed by atoms with Crippen molar-refractivity contribution < 1.29 is 14.3 Å². The highest BCUT2D eigenvalue weighted by atomic mass is 16.5. The number of carbonyl (C=O) groups excluding carboxylic acids is 1. The average molecular weight is 367 g/mol. The van der Waals surface area contributed by atoms with Crippen LogP contribution < -0.4 is 14.9 Å². The van der Waals surface area contributed by atoms with Gasteiger partial charge in [0.2, 0.25) is 0 Å². The Morgan fingerprint density at radius 2 is 1.70 bits per heavy atom. The van der Waals surface area contributed by atoms with Crippen LogP contribution in [0.1, 0.15) is 18.4 Å². The van der Waals surface area contributed by atoms with Crippen LogP contribution in [0.3, 0.4) is 0 Å². The maximum Gasteiger partial charge on any atom is 0.277 e. The standard InChI is InChI=1S/C21H25N3O3/c1-26-19-9-5-6-10-20(19)27-16-21(25)23-22-18-11-13-24(14-12-18)15-17-7-3-2-4-8-17/h2-10H,11-16H2,1H3,(H,23,25). The number of piperidine rings is 1. The van der Waals surface area contributed by atoms with E-state index in [9.17, 15) is 4.79 Å². The van der Waals surface area contributed by atoms with Crippen molar-refractivity contribution >= 4 is 11.6 Å². The van der Waals surface area contributed by atoms with E-state index in [0.717, 1.165) is 38.2 Å². The summed E-state index contributed by atoms with van der Waals surface area (Å²) in [5, 5.41) is 4.26. The molecule has 1 aliphatic rings. The van der Waals surface area contributed by atoms with Crippen LogP contribution in [0.4, 0.5) is 0 Å². The van der Waals surface area contributed by atoms with Crippen molar-refractivity contribution in [3.8, 4) is 11.5 Å². The zero-order valence-corrected chi connectivity index (χ0v) is 15.6. The molecular formula is C21H25N3O3. The van der Waals surface area contributed by atoms with E-state index in [4.69, 9.17) is 9.47 Å². The van der Waals surface area contributed by atoms with E-state index in [1.165, 1.54) is 5.56 Å². The SMILES string of the molecule is COc1ccccc1OCC(=O)NN=C1CCN(Cc2ccccc2)CC1. The lowest BCUT2D eigenvalue weighted by Crippen LogP contribution is -2.35. The van der Waals surface area contributed by atoms with E-state index in [1.54, 1.807) is 19.2 Å². The highest BCUT2D eigenvalue weighted by Crippen LogP contribution is 2.25. The second-order valence-electron chi connectivity index (χ2n) is 6.41. The van der Waals surface area contributed by atoms with Crippen LogP contribution >= 0.6 is 0 Å². The molecule has 0 unspecified atom stereocenters. The van der Waals surface area contributed by atoms with Crippen molar-refractivity contribution in [1.82, 2.24) is 10.3 Å². The van der Waals surface area contributed by atoms with Crippen LogP contribution in [0.25, 0.3) is 0 Å². The molecule has 0 aliphatic carbocycles. The van der Waals surface area contributed by atoms with Crippen molar-refractivity contribution in [2.75, 3.05) is 26.8 Å². The first-order chi connectivity index (χ1) is 13.2. The van der Waals surface area contributed by atoms with Crippen LogP contribution in [0.15, 0.2) is 59.7 Å². The summed E-state index contributed by atoms with van der Waals surface area (Å²) in [6.07, 6.45) is 1.72. The van der Waals surface area contributed by atoms with E-state index in [-0.39, 0.29) is 12.5 Å². The molecule has 0 saturated carbocycles. The lowest BCUT2D eigenvalue weighted by molar-refractivity contribution is -0.123. The third kappa shape index (κ3) is 5.82. The van der Waals surface area contributed by atoms with Gasteiger partial charge >= 0.3 is 0 Å². The molecule has 1 amide bonds. The molecule has 1 aliphatic heterocycles. The van der Waals surface area contributed by atoms with E-state index >= 15 is 0 Å². The van der Waals surface area contributed by atoms with Gasteiger partial charge in [0.05, 0.1) is 7.11 Å². The third-order valence-electron chi connectivity index (χ3n) is 4.45. The molecule has 6 heteroatoms. The first-order valence-corrected chi connectivity index (χ1v) is 9.11. The molecule has 1 heterocycles. The van der Waals surface area contributed by atoms with Gasteiger partial charge in [-0.3, -0.25) is 9.69 Å². The molecule has 0 bridgehead atoms. The van der Waals surface area contributed by atoms with Crippen molar-refractivity contribution in [3.05, 3.63) is 60.2 Å². The van der Waals surface area contributed by atoms with E-state index < -0.39 is 0 Å². The molecule has 2 aromatic carbocycles.